The number of nitrogens with one attached hydrogen (secondary N) is 1. The summed E-state index contributed by atoms with van der Waals surface area (Å²) in [5.41, 5.74) is 0. The summed E-state index contributed by atoms with van der Waals surface area (Å²) in [6.07, 6.45) is -1.93. The summed E-state index contributed by atoms with van der Waals surface area (Å²) in [5.74, 6) is -1.24. The van der Waals surface area contributed by atoms with Crippen LogP contribution in [0.5, 0.6) is 5.75 Å². The monoisotopic (exact) mass is 335 g/mol. The molecular formula is C13H15Cl2NO5. The Morgan fingerprint density at radius 2 is 2.00 bits per heavy atom. The van der Waals surface area contributed by atoms with Crippen LogP contribution in [0.4, 0.5) is 0 Å². The number of carbonyl (C=O) groups excluding carboxylic acids is 1. The molecule has 2 atom stereocenters. The first-order valence-electron chi connectivity index (χ1n) is 6.00. The number of halogens is 2. The molecule has 0 saturated heterocycles. The second-order valence-electron chi connectivity index (χ2n) is 4.14. The third kappa shape index (κ3) is 5.41. The van der Waals surface area contributed by atoms with E-state index in [2.05, 4.69) is 5.32 Å². The van der Waals surface area contributed by atoms with Crippen molar-refractivity contribution in [3.05, 3.63) is 28.2 Å². The van der Waals surface area contributed by atoms with Crippen LogP contribution in [0.3, 0.4) is 0 Å². The number of rotatable bonds is 7. The molecule has 2 unspecified atom stereocenters. The topological polar surface area (TPSA) is 84.9 Å². The van der Waals surface area contributed by atoms with Crippen LogP contribution in [0.25, 0.3) is 0 Å². The van der Waals surface area contributed by atoms with Gasteiger partial charge in [0, 0.05) is 13.2 Å². The van der Waals surface area contributed by atoms with Crippen LogP contribution in [0.1, 0.15) is 6.92 Å². The molecule has 8 heteroatoms. The molecule has 0 spiro atoms. The molecule has 2 N–H and O–H groups in total. The predicted molar refractivity (Wildman–Crippen MR) is 78.0 cm³/mol. The highest BCUT2D eigenvalue weighted by Gasteiger charge is 2.20. The highest BCUT2D eigenvalue weighted by atomic mass is 35.5. The number of benzene rings is 1. The molecule has 1 amide bonds. The van der Waals surface area contributed by atoms with Crippen molar-refractivity contribution in [1.29, 1.82) is 0 Å². The number of carboxylic acid groups (broad SMARTS) is 1. The van der Waals surface area contributed by atoms with Gasteiger partial charge in [-0.05, 0) is 19.1 Å². The van der Waals surface area contributed by atoms with Crippen LogP contribution in [-0.2, 0) is 14.3 Å². The Morgan fingerprint density at radius 3 is 2.52 bits per heavy atom. The Labute approximate surface area is 131 Å². The lowest BCUT2D eigenvalue weighted by Gasteiger charge is -2.17. The van der Waals surface area contributed by atoms with E-state index in [4.69, 9.17) is 37.8 Å². The van der Waals surface area contributed by atoms with Crippen molar-refractivity contribution < 1.29 is 24.2 Å². The van der Waals surface area contributed by atoms with Gasteiger partial charge < -0.3 is 19.9 Å². The summed E-state index contributed by atoms with van der Waals surface area (Å²) < 4.78 is 10.1. The quantitative estimate of drug-likeness (QED) is 0.795. The smallest absolute Gasteiger partial charge is 0.334 e. The average molecular weight is 336 g/mol. The van der Waals surface area contributed by atoms with Gasteiger partial charge in [-0.2, -0.15) is 0 Å². The Hall–Kier alpha value is -1.50. The molecule has 0 aliphatic rings. The zero-order valence-corrected chi connectivity index (χ0v) is 12.9. The zero-order valence-electron chi connectivity index (χ0n) is 11.4. The third-order valence-electron chi connectivity index (χ3n) is 2.59. The van der Waals surface area contributed by atoms with Gasteiger partial charge in [-0.1, -0.05) is 23.2 Å². The molecule has 1 aromatic rings. The normalized spacial score (nSPS) is 13.3. The van der Waals surface area contributed by atoms with E-state index in [0.717, 1.165) is 0 Å². The van der Waals surface area contributed by atoms with Crippen molar-refractivity contribution in [2.75, 3.05) is 13.7 Å². The second kappa shape index (κ2) is 8.07. The van der Waals surface area contributed by atoms with E-state index in [-0.39, 0.29) is 6.54 Å². The van der Waals surface area contributed by atoms with Gasteiger partial charge in [0.05, 0.1) is 16.6 Å². The first kappa shape index (κ1) is 17.6. The number of amides is 1. The maximum atomic E-state index is 11.8. The number of hydrogen-bond acceptors (Lipinski definition) is 4. The minimum atomic E-state index is -1.16. The molecule has 6 nitrogen and oxygen atoms in total. The standard InChI is InChI=1S/C13H15Cl2NO5/c1-7(12(17)16-6-11(20-2)13(18)19)21-8-3-4-9(14)10(15)5-8/h3-5,7,11H,6H2,1-2H3,(H,16,17)(H,18,19). The van der Waals surface area contributed by atoms with Gasteiger partial charge in [0.2, 0.25) is 0 Å². The Morgan fingerprint density at radius 1 is 1.33 bits per heavy atom. The molecule has 1 rings (SSSR count). The molecular weight excluding hydrogens is 321 g/mol. The maximum Gasteiger partial charge on any atom is 0.334 e. The molecule has 0 fully saturated rings. The van der Waals surface area contributed by atoms with E-state index in [9.17, 15) is 9.59 Å². The van der Waals surface area contributed by atoms with Gasteiger partial charge in [0.1, 0.15) is 5.75 Å². The molecule has 21 heavy (non-hydrogen) atoms. The lowest BCUT2D eigenvalue weighted by molar-refractivity contribution is -0.148. The molecule has 0 heterocycles. The van der Waals surface area contributed by atoms with Crippen molar-refractivity contribution >= 4 is 35.1 Å². The lowest BCUT2D eigenvalue weighted by atomic mass is 10.3. The van der Waals surface area contributed by atoms with E-state index in [1.807, 2.05) is 0 Å². The number of aliphatic carboxylic acids is 1. The fourth-order valence-electron chi connectivity index (χ4n) is 1.42. The molecule has 0 aliphatic carbocycles. The second-order valence-corrected chi connectivity index (χ2v) is 4.96. The van der Waals surface area contributed by atoms with Gasteiger partial charge >= 0.3 is 5.97 Å². The molecule has 116 valence electrons. The van der Waals surface area contributed by atoms with Gasteiger partial charge in [-0.15, -0.1) is 0 Å². The van der Waals surface area contributed by atoms with Crippen LogP contribution in [0.15, 0.2) is 18.2 Å². The summed E-state index contributed by atoms with van der Waals surface area (Å²) in [6, 6.07) is 4.62. The number of carboxylic acids is 1. The lowest BCUT2D eigenvalue weighted by Crippen LogP contribution is -2.43. The summed E-state index contributed by atoms with van der Waals surface area (Å²) in [7, 11) is 1.25. The van der Waals surface area contributed by atoms with Crippen LogP contribution in [-0.4, -0.2) is 42.8 Å². The van der Waals surface area contributed by atoms with Crippen LogP contribution in [0.2, 0.25) is 10.0 Å². The first-order valence-corrected chi connectivity index (χ1v) is 6.75. The number of carbonyl (C=O) groups is 2. The van der Waals surface area contributed by atoms with E-state index < -0.39 is 24.1 Å². The number of methoxy groups -OCH3 is 1. The Bertz CT molecular complexity index is 523. The van der Waals surface area contributed by atoms with Crippen molar-refractivity contribution in [2.45, 2.75) is 19.1 Å². The van der Waals surface area contributed by atoms with Crippen LogP contribution >= 0.6 is 23.2 Å². The minimum absolute atomic E-state index is 0.153. The van der Waals surface area contributed by atoms with E-state index in [0.29, 0.717) is 15.8 Å². The van der Waals surface area contributed by atoms with Gasteiger partial charge in [0.25, 0.3) is 5.91 Å². The molecule has 0 bridgehead atoms. The van der Waals surface area contributed by atoms with Crippen molar-refractivity contribution in [3.8, 4) is 5.75 Å². The number of hydrogen-bond donors (Lipinski definition) is 2. The maximum absolute atomic E-state index is 11.8. The number of ether oxygens (including phenoxy) is 2. The third-order valence-corrected chi connectivity index (χ3v) is 3.33. The predicted octanol–water partition coefficient (Wildman–Crippen LogP) is 1.98. The zero-order chi connectivity index (χ0) is 16.0. The van der Waals surface area contributed by atoms with Crippen LogP contribution in [0, 0.1) is 0 Å². The largest absolute Gasteiger partial charge is 0.481 e. The Balaban J connectivity index is 2.54. The van der Waals surface area contributed by atoms with Crippen molar-refractivity contribution in [2.24, 2.45) is 0 Å². The van der Waals surface area contributed by atoms with Gasteiger partial charge in [-0.25, -0.2) is 4.79 Å². The van der Waals surface area contributed by atoms with E-state index in [1.165, 1.54) is 20.1 Å². The van der Waals surface area contributed by atoms with E-state index in [1.54, 1.807) is 12.1 Å². The van der Waals surface area contributed by atoms with Crippen LogP contribution < -0.4 is 10.1 Å². The van der Waals surface area contributed by atoms with Gasteiger partial charge in [0.15, 0.2) is 12.2 Å². The van der Waals surface area contributed by atoms with Crippen molar-refractivity contribution in [1.82, 2.24) is 5.32 Å². The molecule has 1 aromatic carbocycles. The molecule has 0 aliphatic heterocycles. The molecule has 0 radical (unpaired) electrons. The molecule has 0 saturated carbocycles. The summed E-state index contributed by atoms with van der Waals surface area (Å²) >= 11 is 11.6. The Kier molecular flexibility index (Phi) is 6.74. The fourth-order valence-corrected chi connectivity index (χ4v) is 1.70. The highest BCUT2D eigenvalue weighted by molar-refractivity contribution is 6.42. The SMILES string of the molecule is COC(CNC(=O)C(C)Oc1ccc(Cl)c(Cl)c1)C(=O)O. The van der Waals surface area contributed by atoms with Gasteiger partial charge in [-0.3, -0.25) is 4.79 Å². The summed E-state index contributed by atoms with van der Waals surface area (Å²) in [4.78, 5) is 22.5. The highest BCUT2D eigenvalue weighted by Crippen LogP contribution is 2.26. The average Bonchev–Trinajstić information content (AvgIpc) is 2.42. The summed E-state index contributed by atoms with van der Waals surface area (Å²) in [5, 5.41) is 11.9. The fraction of sp³-hybridized carbons (Fsp3) is 0.385. The molecule has 0 aromatic heterocycles. The summed E-state index contributed by atoms with van der Waals surface area (Å²) in [6.45, 7) is 1.38. The van der Waals surface area contributed by atoms with Crippen molar-refractivity contribution in [3.63, 3.8) is 0 Å². The van der Waals surface area contributed by atoms with E-state index >= 15 is 0 Å². The minimum Gasteiger partial charge on any atom is -0.481 e. The first-order chi connectivity index (χ1) is 9.85.